The highest BCUT2D eigenvalue weighted by Gasteiger charge is 2.17. The van der Waals surface area contributed by atoms with Gasteiger partial charge in [-0.15, -0.1) is 0 Å². The summed E-state index contributed by atoms with van der Waals surface area (Å²) in [6, 6.07) is 8.33. The number of ether oxygens (including phenoxy) is 1. The second kappa shape index (κ2) is 7.82. The van der Waals surface area contributed by atoms with E-state index in [0.717, 1.165) is 32.6 Å². The van der Waals surface area contributed by atoms with E-state index in [2.05, 4.69) is 15.7 Å². The molecule has 1 fully saturated rings. The minimum absolute atomic E-state index is 0.464. The maximum atomic E-state index is 5.54. The Morgan fingerprint density at radius 3 is 2.85 bits per heavy atom. The lowest BCUT2D eigenvalue weighted by molar-refractivity contribution is 0.414. The normalized spacial score (nSPS) is 15.0. The molecule has 4 rings (SSSR count). The second-order valence-electron chi connectivity index (χ2n) is 6.85. The summed E-state index contributed by atoms with van der Waals surface area (Å²) in [5, 5.41) is 12.8. The fourth-order valence-electron chi connectivity index (χ4n) is 3.43. The van der Waals surface area contributed by atoms with Gasteiger partial charge in [0, 0.05) is 12.1 Å². The number of nitrogens with zero attached hydrogens (tertiary/aromatic N) is 3. The summed E-state index contributed by atoms with van der Waals surface area (Å²) in [7, 11) is 1.67. The van der Waals surface area contributed by atoms with Crippen molar-refractivity contribution in [1.29, 1.82) is 0 Å². The molecule has 1 aromatic carbocycles. The standard InChI is InChI=1S/C19H23N5OS2/c1-12-10-17(22-18(26)20-13-6-4-3-5-7-13)24(23-12)19-21-15-9-8-14(25-2)11-16(15)27-19/h8-11,13H,3-7H2,1-2H3,(H2,20,22,26). The van der Waals surface area contributed by atoms with E-state index in [1.54, 1.807) is 18.4 Å². The van der Waals surface area contributed by atoms with Gasteiger partial charge in [-0.2, -0.15) is 9.78 Å². The Balaban J connectivity index is 1.56. The van der Waals surface area contributed by atoms with E-state index in [4.69, 9.17) is 21.9 Å². The summed E-state index contributed by atoms with van der Waals surface area (Å²) in [5.74, 6) is 1.65. The summed E-state index contributed by atoms with van der Waals surface area (Å²) in [4.78, 5) is 4.72. The molecule has 0 atom stereocenters. The number of aryl methyl sites for hydroxylation is 1. The van der Waals surface area contributed by atoms with Gasteiger partial charge in [0.15, 0.2) is 5.11 Å². The number of fused-ring (bicyclic) bond motifs is 1. The van der Waals surface area contributed by atoms with Gasteiger partial charge in [0.1, 0.15) is 11.6 Å². The number of benzene rings is 1. The van der Waals surface area contributed by atoms with Gasteiger partial charge in [-0.3, -0.25) is 0 Å². The van der Waals surface area contributed by atoms with Gasteiger partial charge in [0.2, 0.25) is 5.13 Å². The van der Waals surface area contributed by atoms with Gasteiger partial charge >= 0.3 is 0 Å². The van der Waals surface area contributed by atoms with E-state index < -0.39 is 0 Å². The molecule has 0 bridgehead atoms. The van der Waals surface area contributed by atoms with Gasteiger partial charge in [0.25, 0.3) is 0 Å². The fraction of sp³-hybridized carbons (Fsp3) is 0.421. The second-order valence-corrected chi connectivity index (χ2v) is 8.26. The quantitative estimate of drug-likeness (QED) is 0.631. The van der Waals surface area contributed by atoms with Crippen molar-refractivity contribution < 1.29 is 4.74 Å². The average molecular weight is 402 g/mol. The molecule has 6 nitrogen and oxygen atoms in total. The van der Waals surface area contributed by atoms with Crippen molar-refractivity contribution in [2.24, 2.45) is 0 Å². The number of thiocarbonyl (C=S) groups is 1. The molecule has 1 aliphatic carbocycles. The predicted octanol–water partition coefficient (Wildman–Crippen LogP) is 4.42. The molecule has 27 heavy (non-hydrogen) atoms. The lowest BCUT2D eigenvalue weighted by atomic mass is 9.96. The van der Waals surface area contributed by atoms with Crippen molar-refractivity contribution in [1.82, 2.24) is 20.1 Å². The molecule has 0 amide bonds. The van der Waals surface area contributed by atoms with Crippen LogP contribution in [-0.2, 0) is 0 Å². The van der Waals surface area contributed by atoms with Crippen LogP contribution in [0, 0.1) is 6.92 Å². The predicted molar refractivity (Wildman–Crippen MR) is 114 cm³/mol. The molecule has 2 N–H and O–H groups in total. The van der Waals surface area contributed by atoms with Crippen molar-refractivity contribution in [3.05, 3.63) is 30.0 Å². The van der Waals surface area contributed by atoms with E-state index in [1.807, 2.05) is 35.9 Å². The number of thiazole rings is 1. The fourth-order valence-corrected chi connectivity index (χ4v) is 4.66. The number of aromatic nitrogens is 3. The minimum atomic E-state index is 0.464. The Bertz CT molecular complexity index is 958. The van der Waals surface area contributed by atoms with Crippen LogP contribution in [0.15, 0.2) is 24.3 Å². The largest absolute Gasteiger partial charge is 0.497 e. The molecule has 2 aromatic heterocycles. The smallest absolute Gasteiger partial charge is 0.213 e. The Labute approximate surface area is 167 Å². The topological polar surface area (TPSA) is 64.0 Å². The minimum Gasteiger partial charge on any atom is -0.497 e. The van der Waals surface area contributed by atoms with Crippen LogP contribution < -0.4 is 15.4 Å². The lowest BCUT2D eigenvalue weighted by Gasteiger charge is -2.24. The molecule has 0 unspecified atom stereocenters. The zero-order chi connectivity index (χ0) is 18.8. The first kappa shape index (κ1) is 18.2. The molecule has 8 heteroatoms. The Morgan fingerprint density at radius 1 is 1.26 bits per heavy atom. The van der Waals surface area contributed by atoms with Crippen LogP contribution in [0.4, 0.5) is 5.82 Å². The van der Waals surface area contributed by atoms with Crippen molar-refractivity contribution >= 4 is 44.7 Å². The highest BCUT2D eigenvalue weighted by atomic mass is 32.1. The van der Waals surface area contributed by atoms with E-state index in [0.29, 0.717) is 11.2 Å². The van der Waals surface area contributed by atoms with Crippen LogP contribution in [0.2, 0.25) is 0 Å². The van der Waals surface area contributed by atoms with E-state index in [1.165, 1.54) is 32.1 Å². The van der Waals surface area contributed by atoms with E-state index >= 15 is 0 Å². The van der Waals surface area contributed by atoms with Gasteiger partial charge in [-0.25, -0.2) is 4.98 Å². The van der Waals surface area contributed by atoms with Crippen molar-refractivity contribution in [2.45, 2.75) is 45.1 Å². The number of methoxy groups -OCH3 is 1. The summed E-state index contributed by atoms with van der Waals surface area (Å²) >= 11 is 7.11. The zero-order valence-electron chi connectivity index (χ0n) is 15.5. The maximum Gasteiger partial charge on any atom is 0.213 e. The van der Waals surface area contributed by atoms with Crippen molar-refractivity contribution in [2.75, 3.05) is 12.4 Å². The van der Waals surface area contributed by atoms with Crippen molar-refractivity contribution in [3.8, 4) is 10.9 Å². The number of anilines is 1. The number of rotatable bonds is 4. The molecule has 1 aliphatic rings. The van der Waals surface area contributed by atoms with Gasteiger partial charge in [-0.1, -0.05) is 30.6 Å². The highest BCUT2D eigenvalue weighted by Crippen LogP contribution is 2.30. The summed E-state index contributed by atoms with van der Waals surface area (Å²) in [6.07, 6.45) is 6.23. The highest BCUT2D eigenvalue weighted by molar-refractivity contribution is 7.80. The van der Waals surface area contributed by atoms with Crippen LogP contribution in [0.5, 0.6) is 5.75 Å². The number of hydrogen-bond donors (Lipinski definition) is 2. The van der Waals surface area contributed by atoms with Crippen LogP contribution >= 0.6 is 23.6 Å². The summed E-state index contributed by atoms with van der Waals surface area (Å²) in [6.45, 7) is 1.97. The molecular formula is C19H23N5OS2. The number of nitrogens with one attached hydrogen (secondary N) is 2. The SMILES string of the molecule is COc1ccc2nc(-n3nc(C)cc3NC(=S)NC3CCCCC3)sc2c1. The van der Waals surface area contributed by atoms with E-state index in [-0.39, 0.29) is 0 Å². The first-order chi connectivity index (χ1) is 13.1. The summed E-state index contributed by atoms with van der Waals surface area (Å²) < 4.78 is 8.19. The van der Waals surface area contributed by atoms with Gasteiger partial charge < -0.3 is 15.4 Å². The molecule has 0 aliphatic heterocycles. The van der Waals surface area contributed by atoms with Crippen LogP contribution in [0.25, 0.3) is 15.3 Å². The average Bonchev–Trinajstić information content (AvgIpc) is 3.24. The molecule has 0 saturated heterocycles. The third-order valence-electron chi connectivity index (χ3n) is 4.78. The Hall–Kier alpha value is -2.19. The molecule has 0 spiro atoms. The third-order valence-corrected chi connectivity index (χ3v) is 5.99. The first-order valence-corrected chi connectivity index (χ1v) is 10.4. The lowest BCUT2D eigenvalue weighted by Crippen LogP contribution is -2.39. The summed E-state index contributed by atoms with van der Waals surface area (Å²) in [5.41, 5.74) is 1.84. The number of hydrogen-bond acceptors (Lipinski definition) is 5. The molecule has 0 radical (unpaired) electrons. The third kappa shape index (κ3) is 4.06. The van der Waals surface area contributed by atoms with Crippen LogP contribution in [-0.4, -0.2) is 33.0 Å². The van der Waals surface area contributed by atoms with Crippen molar-refractivity contribution in [3.63, 3.8) is 0 Å². The van der Waals surface area contributed by atoms with Crippen LogP contribution in [0.1, 0.15) is 37.8 Å². The van der Waals surface area contributed by atoms with E-state index in [9.17, 15) is 0 Å². The Morgan fingerprint density at radius 2 is 2.07 bits per heavy atom. The molecular weight excluding hydrogens is 378 g/mol. The first-order valence-electron chi connectivity index (χ1n) is 9.21. The van der Waals surface area contributed by atoms with Crippen LogP contribution in [0.3, 0.4) is 0 Å². The molecule has 3 aromatic rings. The van der Waals surface area contributed by atoms with Gasteiger partial charge in [0.05, 0.1) is 23.0 Å². The molecule has 142 valence electrons. The monoisotopic (exact) mass is 401 g/mol. The molecule has 2 heterocycles. The Kier molecular flexibility index (Phi) is 5.27. The maximum absolute atomic E-state index is 5.54. The zero-order valence-corrected chi connectivity index (χ0v) is 17.1. The van der Waals surface area contributed by atoms with Gasteiger partial charge in [-0.05, 0) is 50.2 Å². The molecule has 1 saturated carbocycles.